The zero-order valence-electron chi connectivity index (χ0n) is 10.2. The van der Waals surface area contributed by atoms with E-state index < -0.39 is 0 Å². The van der Waals surface area contributed by atoms with Gasteiger partial charge in [-0.1, -0.05) is 42.1 Å². The summed E-state index contributed by atoms with van der Waals surface area (Å²) in [5, 5.41) is 3.54. The second kappa shape index (κ2) is 8.12. The van der Waals surface area contributed by atoms with Gasteiger partial charge in [0, 0.05) is 10.0 Å². The molecule has 1 aromatic rings. The largest absolute Gasteiger partial charge is 0.493 e. The van der Waals surface area contributed by atoms with Crippen molar-refractivity contribution in [1.29, 1.82) is 0 Å². The number of hydrogen-bond acceptors (Lipinski definition) is 3. The maximum absolute atomic E-state index is 5.72. The smallest absolute Gasteiger partial charge is 0.128 e. The van der Waals surface area contributed by atoms with Crippen LogP contribution in [0, 0.1) is 0 Å². The predicted molar refractivity (Wildman–Crippen MR) is 75.6 cm³/mol. The second-order valence-corrected chi connectivity index (χ2v) is 4.79. The molecule has 1 rings (SSSR count). The van der Waals surface area contributed by atoms with Crippen LogP contribution in [0.4, 0.5) is 0 Å². The fourth-order valence-electron chi connectivity index (χ4n) is 1.54. The third-order valence-corrected chi connectivity index (χ3v) is 2.93. The quantitative estimate of drug-likeness (QED) is 0.361. The third-order valence-electron chi connectivity index (χ3n) is 2.44. The summed E-state index contributed by atoms with van der Waals surface area (Å²) in [4.78, 5) is 0. The van der Waals surface area contributed by atoms with Crippen molar-refractivity contribution in [2.24, 2.45) is 10.9 Å². The van der Waals surface area contributed by atoms with E-state index in [4.69, 9.17) is 10.6 Å². The van der Waals surface area contributed by atoms with Crippen LogP contribution in [0.25, 0.3) is 0 Å². The van der Waals surface area contributed by atoms with Crippen LogP contribution >= 0.6 is 15.9 Å². The normalized spacial score (nSPS) is 10.9. The number of hydrogen-bond donors (Lipinski definition) is 1. The Morgan fingerprint density at radius 3 is 2.88 bits per heavy atom. The lowest BCUT2D eigenvalue weighted by atomic mass is 10.2. The van der Waals surface area contributed by atoms with Gasteiger partial charge in [0.25, 0.3) is 0 Å². The maximum Gasteiger partial charge on any atom is 0.128 e. The molecule has 0 saturated heterocycles. The highest BCUT2D eigenvalue weighted by Crippen LogP contribution is 2.22. The summed E-state index contributed by atoms with van der Waals surface area (Å²) in [6.45, 7) is 2.94. The molecule has 4 heteroatoms. The van der Waals surface area contributed by atoms with Gasteiger partial charge < -0.3 is 10.6 Å². The molecule has 0 heterocycles. The van der Waals surface area contributed by atoms with E-state index in [1.54, 1.807) is 6.21 Å². The number of ether oxygens (including phenoxy) is 1. The molecule has 0 bridgehead atoms. The molecule has 0 atom stereocenters. The van der Waals surface area contributed by atoms with Crippen LogP contribution in [-0.2, 0) is 0 Å². The summed E-state index contributed by atoms with van der Waals surface area (Å²) < 4.78 is 6.72. The van der Waals surface area contributed by atoms with Gasteiger partial charge in [-0.15, -0.1) is 0 Å². The molecular weight excluding hydrogens is 280 g/mol. The summed E-state index contributed by atoms with van der Waals surface area (Å²) >= 11 is 3.41. The van der Waals surface area contributed by atoms with Crippen molar-refractivity contribution in [2.75, 3.05) is 6.61 Å². The lowest BCUT2D eigenvalue weighted by molar-refractivity contribution is 0.304. The molecule has 0 aliphatic carbocycles. The van der Waals surface area contributed by atoms with E-state index >= 15 is 0 Å². The zero-order chi connectivity index (χ0) is 12.5. The third kappa shape index (κ3) is 5.22. The lowest BCUT2D eigenvalue weighted by Gasteiger charge is -2.09. The van der Waals surface area contributed by atoms with Crippen molar-refractivity contribution >= 4 is 22.1 Å². The van der Waals surface area contributed by atoms with E-state index in [0.29, 0.717) is 0 Å². The van der Waals surface area contributed by atoms with E-state index in [0.717, 1.165) is 28.8 Å². The number of benzene rings is 1. The molecule has 0 radical (unpaired) electrons. The van der Waals surface area contributed by atoms with Gasteiger partial charge in [-0.05, 0) is 24.6 Å². The first-order valence-electron chi connectivity index (χ1n) is 5.93. The number of hydrazone groups is 1. The van der Waals surface area contributed by atoms with Gasteiger partial charge in [0.05, 0.1) is 12.8 Å². The topological polar surface area (TPSA) is 47.6 Å². The molecule has 0 aliphatic rings. The standard InChI is InChI=1S/C13H19BrN2O/c1-2-3-4-5-8-17-13-7-6-12(14)9-11(13)10-16-15/h6-7,9-10H,2-5,8,15H2,1H3. The van der Waals surface area contributed by atoms with Crippen LogP contribution in [0.2, 0.25) is 0 Å². The Morgan fingerprint density at radius 2 is 2.18 bits per heavy atom. The molecule has 0 fully saturated rings. The van der Waals surface area contributed by atoms with Gasteiger partial charge >= 0.3 is 0 Å². The molecule has 1 aromatic carbocycles. The van der Waals surface area contributed by atoms with Crippen molar-refractivity contribution < 1.29 is 4.74 Å². The molecule has 2 N–H and O–H groups in total. The van der Waals surface area contributed by atoms with Gasteiger partial charge in [-0.3, -0.25) is 0 Å². The van der Waals surface area contributed by atoms with Gasteiger partial charge in [0.2, 0.25) is 0 Å². The lowest BCUT2D eigenvalue weighted by Crippen LogP contribution is -2.00. The number of unbranched alkanes of at least 4 members (excludes halogenated alkanes) is 3. The fraction of sp³-hybridized carbons (Fsp3) is 0.462. The first-order valence-corrected chi connectivity index (χ1v) is 6.72. The number of nitrogens with zero attached hydrogens (tertiary/aromatic N) is 1. The zero-order valence-corrected chi connectivity index (χ0v) is 11.7. The second-order valence-electron chi connectivity index (χ2n) is 3.87. The highest BCUT2D eigenvalue weighted by atomic mass is 79.9. The first kappa shape index (κ1) is 14.0. The van der Waals surface area contributed by atoms with E-state index in [9.17, 15) is 0 Å². The van der Waals surface area contributed by atoms with Crippen LogP contribution in [0.1, 0.15) is 38.2 Å². The van der Waals surface area contributed by atoms with Gasteiger partial charge in [0.15, 0.2) is 0 Å². The fourth-order valence-corrected chi connectivity index (χ4v) is 1.92. The van der Waals surface area contributed by atoms with Crippen molar-refractivity contribution in [2.45, 2.75) is 32.6 Å². The van der Waals surface area contributed by atoms with E-state index in [1.165, 1.54) is 19.3 Å². The molecule has 17 heavy (non-hydrogen) atoms. The molecule has 0 spiro atoms. The van der Waals surface area contributed by atoms with Crippen LogP contribution in [-0.4, -0.2) is 12.8 Å². The van der Waals surface area contributed by atoms with Crippen molar-refractivity contribution in [3.05, 3.63) is 28.2 Å². The minimum Gasteiger partial charge on any atom is -0.493 e. The van der Waals surface area contributed by atoms with Crippen molar-refractivity contribution in [1.82, 2.24) is 0 Å². The monoisotopic (exact) mass is 298 g/mol. The summed E-state index contributed by atoms with van der Waals surface area (Å²) in [5.74, 6) is 6.00. The minimum absolute atomic E-state index is 0.743. The first-order chi connectivity index (χ1) is 8.27. The number of rotatable bonds is 7. The van der Waals surface area contributed by atoms with Crippen LogP contribution in [0.3, 0.4) is 0 Å². The number of halogens is 1. The summed E-state index contributed by atoms with van der Waals surface area (Å²) in [6, 6.07) is 5.83. The maximum atomic E-state index is 5.72. The SMILES string of the molecule is CCCCCCOc1ccc(Br)cc1C=NN. The molecule has 0 amide bonds. The Balaban J connectivity index is 2.51. The molecule has 0 unspecified atom stereocenters. The molecule has 0 saturated carbocycles. The minimum atomic E-state index is 0.743. The Bertz CT molecular complexity index is 366. The summed E-state index contributed by atoms with van der Waals surface area (Å²) in [6.07, 6.45) is 6.41. The van der Waals surface area contributed by atoms with Gasteiger partial charge in [-0.25, -0.2) is 0 Å². The van der Waals surface area contributed by atoms with Gasteiger partial charge in [-0.2, -0.15) is 5.10 Å². The Kier molecular flexibility index (Phi) is 6.70. The van der Waals surface area contributed by atoms with Crippen LogP contribution < -0.4 is 10.6 Å². The Morgan fingerprint density at radius 1 is 1.35 bits per heavy atom. The van der Waals surface area contributed by atoms with Crippen molar-refractivity contribution in [3.8, 4) is 5.75 Å². The molecule has 0 aromatic heterocycles. The van der Waals surface area contributed by atoms with Gasteiger partial charge in [0.1, 0.15) is 5.75 Å². The van der Waals surface area contributed by atoms with E-state index in [-0.39, 0.29) is 0 Å². The average Bonchev–Trinajstić information content (AvgIpc) is 2.32. The summed E-state index contributed by atoms with van der Waals surface area (Å²) in [5.41, 5.74) is 0.900. The van der Waals surface area contributed by atoms with Crippen LogP contribution in [0.5, 0.6) is 5.75 Å². The van der Waals surface area contributed by atoms with E-state index in [1.807, 2.05) is 18.2 Å². The Labute approximate surface area is 111 Å². The van der Waals surface area contributed by atoms with E-state index in [2.05, 4.69) is 28.0 Å². The van der Waals surface area contributed by atoms with Crippen molar-refractivity contribution in [3.63, 3.8) is 0 Å². The van der Waals surface area contributed by atoms with Crippen LogP contribution in [0.15, 0.2) is 27.8 Å². The molecule has 0 aliphatic heterocycles. The predicted octanol–water partition coefficient (Wildman–Crippen LogP) is 3.70. The molecule has 94 valence electrons. The number of nitrogens with two attached hydrogens (primary N) is 1. The molecular formula is C13H19BrN2O. The highest BCUT2D eigenvalue weighted by molar-refractivity contribution is 9.10. The average molecular weight is 299 g/mol. The molecule has 3 nitrogen and oxygen atoms in total. The Hall–Kier alpha value is -1.03. The highest BCUT2D eigenvalue weighted by Gasteiger charge is 2.02. The summed E-state index contributed by atoms with van der Waals surface area (Å²) in [7, 11) is 0.